The Bertz CT molecular complexity index is 1080. The van der Waals surface area contributed by atoms with Gasteiger partial charge in [0.2, 0.25) is 6.79 Å². The third-order valence-corrected chi connectivity index (χ3v) is 5.78. The van der Waals surface area contributed by atoms with Crippen LogP contribution in [0.5, 0.6) is 11.5 Å². The van der Waals surface area contributed by atoms with Gasteiger partial charge < -0.3 is 14.8 Å². The second kappa shape index (κ2) is 7.16. The normalized spacial score (nSPS) is 19.9. The summed E-state index contributed by atoms with van der Waals surface area (Å²) in [6.07, 6.45) is 0.279. The van der Waals surface area contributed by atoms with Gasteiger partial charge in [-0.25, -0.2) is 4.79 Å². The molecule has 0 unspecified atom stereocenters. The molecule has 2 heterocycles. The van der Waals surface area contributed by atoms with Crippen LogP contribution >= 0.6 is 0 Å². The Balaban J connectivity index is 1.52. The lowest BCUT2D eigenvalue weighted by Crippen LogP contribution is -2.46. The molecular formula is C23H24N2O5. The summed E-state index contributed by atoms with van der Waals surface area (Å²) in [6.45, 7) is 7.32. The summed E-state index contributed by atoms with van der Waals surface area (Å²) in [5.41, 5.74) is 3.14. The maximum Gasteiger partial charge on any atom is 0.325 e. The number of benzene rings is 2. The third kappa shape index (κ3) is 3.40. The van der Waals surface area contributed by atoms with Crippen LogP contribution in [-0.2, 0) is 11.2 Å². The molecule has 7 nitrogen and oxygen atoms in total. The number of nitrogens with one attached hydrogen (secondary N) is 1. The summed E-state index contributed by atoms with van der Waals surface area (Å²) < 4.78 is 10.7. The number of rotatable bonds is 5. The number of fused-ring (bicyclic) bond motifs is 1. The van der Waals surface area contributed by atoms with Gasteiger partial charge in [0, 0.05) is 12.0 Å². The van der Waals surface area contributed by atoms with E-state index in [0.717, 1.165) is 27.2 Å². The molecule has 0 aliphatic carbocycles. The first-order chi connectivity index (χ1) is 14.2. The minimum atomic E-state index is -1.14. The Morgan fingerprint density at radius 2 is 1.73 bits per heavy atom. The smallest absolute Gasteiger partial charge is 0.325 e. The van der Waals surface area contributed by atoms with Crippen molar-refractivity contribution in [2.24, 2.45) is 0 Å². The Morgan fingerprint density at radius 3 is 2.50 bits per heavy atom. The van der Waals surface area contributed by atoms with Crippen molar-refractivity contribution < 1.29 is 23.9 Å². The summed E-state index contributed by atoms with van der Waals surface area (Å²) in [5.74, 6) is 0.596. The predicted molar refractivity (Wildman–Crippen MR) is 110 cm³/mol. The van der Waals surface area contributed by atoms with Gasteiger partial charge in [-0.05, 0) is 68.1 Å². The van der Waals surface area contributed by atoms with Crippen LogP contribution in [0.1, 0.15) is 39.5 Å². The first-order valence-corrected chi connectivity index (χ1v) is 9.81. The number of aryl methyl sites for hydroxylation is 3. The molecule has 2 aromatic rings. The number of carbonyl (C=O) groups is 3. The lowest BCUT2D eigenvalue weighted by Gasteiger charge is -2.22. The van der Waals surface area contributed by atoms with Crippen molar-refractivity contribution in [2.75, 3.05) is 13.3 Å². The van der Waals surface area contributed by atoms with Crippen molar-refractivity contribution >= 4 is 17.7 Å². The average Bonchev–Trinajstić information content (AvgIpc) is 3.22. The molecule has 4 rings (SSSR count). The number of ether oxygens (including phenoxy) is 2. The van der Waals surface area contributed by atoms with Gasteiger partial charge in [0.1, 0.15) is 5.54 Å². The molecular weight excluding hydrogens is 384 g/mol. The number of Topliss-reactive ketones (excluding diaryl/α,β-unsaturated/α-hetero) is 1. The van der Waals surface area contributed by atoms with Gasteiger partial charge in [-0.3, -0.25) is 14.5 Å². The molecule has 2 aliphatic rings. The molecule has 3 amide bonds. The van der Waals surface area contributed by atoms with Gasteiger partial charge in [-0.15, -0.1) is 0 Å². The van der Waals surface area contributed by atoms with Crippen molar-refractivity contribution in [2.45, 2.75) is 39.7 Å². The quantitative estimate of drug-likeness (QED) is 0.607. The number of hydrogen-bond donors (Lipinski definition) is 1. The number of carbonyl (C=O) groups excluding carboxylic acids is 3. The molecule has 0 bridgehead atoms. The number of imide groups is 1. The van der Waals surface area contributed by atoms with E-state index in [-0.39, 0.29) is 25.5 Å². The fourth-order valence-corrected chi connectivity index (χ4v) is 3.96. The molecule has 0 aromatic heterocycles. The van der Waals surface area contributed by atoms with Crippen LogP contribution in [0.25, 0.3) is 0 Å². The van der Waals surface area contributed by atoms with E-state index in [1.807, 2.05) is 39.0 Å². The van der Waals surface area contributed by atoms with Gasteiger partial charge in [-0.1, -0.05) is 12.1 Å². The van der Waals surface area contributed by atoms with Crippen LogP contribution in [0, 0.1) is 20.8 Å². The molecule has 0 spiro atoms. The molecule has 1 N–H and O–H groups in total. The molecule has 0 saturated carbocycles. The van der Waals surface area contributed by atoms with Crippen LogP contribution < -0.4 is 14.8 Å². The predicted octanol–water partition coefficient (Wildman–Crippen LogP) is 3.08. The van der Waals surface area contributed by atoms with E-state index in [1.165, 1.54) is 0 Å². The molecule has 30 heavy (non-hydrogen) atoms. The van der Waals surface area contributed by atoms with E-state index in [4.69, 9.17) is 9.47 Å². The van der Waals surface area contributed by atoms with Crippen molar-refractivity contribution in [1.29, 1.82) is 0 Å². The molecule has 1 fully saturated rings. The summed E-state index contributed by atoms with van der Waals surface area (Å²) in [5, 5.41) is 2.75. The lowest BCUT2D eigenvalue weighted by atomic mass is 9.92. The second-order valence-electron chi connectivity index (χ2n) is 8.19. The van der Waals surface area contributed by atoms with Crippen LogP contribution in [0.4, 0.5) is 4.79 Å². The van der Waals surface area contributed by atoms with Crippen molar-refractivity contribution in [3.63, 3.8) is 0 Å². The van der Waals surface area contributed by atoms with Crippen LogP contribution in [0.15, 0.2) is 30.3 Å². The number of urea groups is 1. The Hall–Kier alpha value is -3.35. The zero-order valence-electron chi connectivity index (χ0n) is 17.5. The fraction of sp³-hybridized carbons (Fsp3) is 0.348. The Kier molecular flexibility index (Phi) is 4.76. The molecule has 0 radical (unpaired) electrons. The van der Waals surface area contributed by atoms with Gasteiger partial charge in [0.15, 0.2) is 17.3 Å². The topological polar surface area (TPSA) is 84.9 Å². The number of ketones is 1. The maximum atomic E-state index is 13.1. The Morgan fingerprint density at radius 1 is 1.03 bits per heavy atom. The van der Waals surface area contributed by atoms with Crippen molar-refractivity contribution in [3.05, 3.63) is 58.1 Å². The minimum Gasteiger partial charge on any atom is -0.454 e. The summed E-state index contributed by atoms with van der Waals surface area (Å²) in [4.78, 5) is 39.5. The van der Waals surface area contributed by atoms with Crippen LogP contribution in [0.3, 0.4) is 0 Å². The number of nitrogens with zero attached hydrogens (tertiary/aromatic N) is 1. The van der Waals surface area contributed by atoms with Gasteiger partial charge in [0.25, 0.3) is 5.91 Å². The van der Waals surface area contributed by atoms with Gasteiger partial charge in [-0.2, -0.15) is 0 Å². The summed E-state index contributed by atoms with van der Waals surface area (Å²) in [7, 11) is 0. The highest BCUT2D eigenvalue weighted by atomic mass is 16.7. The fourth-order valence-electron chi connectivity index (χ4n) is 3.96. The first kappa shape index (κ1) is 19.9. The standard InChI is InChI=1S/C23H24N2O5/c1-13-7-15(3)17(8-14(13)2)18(26)11-25-21(27)23(4,24-22(25)28)10-16-5-6-19-20(9-16)30-12-29-19/h5-9H,10-12H2,1-4H3,(H,24,28)/t23-/m1/s1. The van der Waals surface area contributed by atoms with Crippen LogP contribution in [-0.4, -0.2) is 41.5 Å². The van der Waals surface area contributed by atoms with E-state index in [9.17, 15) is 14.4 Å². The monoisotopic (exact) mass is 408 g/mol. The van der Waals surface area contributed by atoms with Gasteiger partial charge >= 0.3 is 6.03 Å². The molecule has 2 aliphatic heterocycles. The highest BCUT2D eigenvalue weighted by Crippen LogP contribution is 2.34. The van der Waals surface area contributed by atoms with E-state index >= 15 is 0 Å². The second-order valence-corrected chi connectivity index (χ2v) is 8.19. The van der Waals surface area contributed by atoms with Gasteiger partial charge in [0.05, 0.1) is 6.54 Å². The van der Waals surface area contributed by atoms with Crippen molar-refractivity contribution in [1.82, 2.24) is 10.2 Å². The zero-order chi connectivity index (χ0) is 21.6. The summed E-state index contributed by atoms with van der Waals surface area (Å²) in [6, 6.07) is 8.63. The number of hydrogen-bond acceptors (Lipinski definition) is 5. The average molecular weight is 408 g/mol. The maximum absolute atomic E-state index is 13.1. The summed E-state index contributed by atoms with van der Waals surface area (Å²) >= 11 is 0. The molecule has 2 aromatic carbocycles. The minimum absolute atomic E-state index is 0.166. The van der Waals surface area contributed by atoms with E-state index in [0.29, 0.717) is 17.1 Å². The molecule has 156 valence electrons. The highest BCUT2D eigenvalue weighted by Gasteiger charge is 2.48. The highest BCUT2D eigenvalue weighted by molar-refractivity contribution is 6.11. The first-order valence-electron chi connectivity index (χ1n) is 9.81. The van der Waals surface area contributed by atoms with E-state index in [1.54, 1.807) is 19.1 Å². The Labute approximate surface area is 175 Å². The lowest BCUT2D eigenvalue weighted by molar-refractivity contribution is -0.130. The molecule has 1 atom stereocenters. The largest absolute Gasteiger partial charge is 0.454 e. The van der Waals surface area contributed by atoms with Crippen molar-refractivity contribution in [3.8, 4) is 11.5 Å². The van der Waals surface area contributed by atoms with Crippen LogP contribution in [0.2, 0.25) is 0 Å². The molecule has 7 heteroatoms. The third-order valence-electron chi connectivity index (χ3n) is 5.78. The SMILES string of the molecule is Cc1cc(C)c(C(=O)CN2C(=O)N[C@](C)(Cc3ccc4c(c3)OCO4)C2=O)cc1C. The van der Waals surface area contributed by atoms with E-state index < -0.39 is 17.5 Å². The zero-order valence-corrected chi connectivity index (χ0v) is 17.5. The van der Waals surface area contributed by atoms with E-state index in [2.05, 4.69) is 5.32 Å². The number of amides is 3. The molecule has 1 saturated heterocycles.